The van der Waals surface area contributed by atoms with Gasteiger partial charge in [-0.05, 0) is 60.2 Å². The molecule has 3 nitrogen and oxygen atoms in total. The lowest BCUT2D eigenvalue weighted by atomic mass is 10.0. The van der Waals surface area contributed by atoms with Crippen molar-refractivity contribution in [3.63, 3.8) is 0 Å². The first-order valence-electron chi connectivity index (χ1n) is 9.74. The molecule has 2 N–H and O–H groups in total. The van der Waals surface area contributed by atoms with Gasteiger partial charge in [0, 0.05) is 35.7 Å². The standard InChI is InChI=1S/C25H24FN3/c1-16-6-11-23(26)25-24(16)22(18(3)29-25)12-14-28-17(2)19-7-9-20(10-8-19)21-5-4-13-27-15-21/h4-11,13,15,28-29H,2,12,14H2,1,3H3. The van der Waals surface area contributed by atoms with Crippen molar-refractivity contribution in [3.05, 3.63) is 95.7 Å². The predicted octanol–water partition coefficient (Wildman–Crippen LogP) is 5.79. The quantitative estimate of drug-likeness (QED) is 0.441. The summed E-state index contributed by atoms with van der Waals surface area (Å²) < 4.78 is 14.1. The molecule has 0 amide bonds. The Balaban J connectivity index is 1.44. The first kappa shape index (κ1) is 18.9. The van der Waals surface area contributed by atoms with Gasteiger partial charge in [-0.1, -0.05) is 43.0 Å². The fraction of sp³-hybridized carbons (Fsp3) is 0.160. The summed E-state index contributed by atoms with van der Waals surface area (Å²) in [4.78, 5) is 7.37. The first-order chi connectivity index (χ1) is 14.0. The third-order valence-electron chi connectivity index (χ3n) is 5.37. The minimum Gasteiger partial charge on any atom is -0.385 e. The minimum absolute atomic E-state index is 0.203. The highest BCUT2D eigenvalue weighted by Crippen LogP contribution is 2.28. The molecule has 146 valence electrons. The number of pyridine rings is 1. The molecule has 0 fully saturated rings. The number of halogens is 1. The normalized spacial score (nSPS) is 11.0. The second kappa shape index (κ2) is 7.92. The average Bonchev–Trinajstić information content (AvgIpc) is 3.09. The van der Waals surface area contributed by atoms with E-state index in [0.717, 1.165) is 57.6 Å². The molecule has 0 atom stereocenters. The van der Waals surface area contributed by atoms with Gasteiger partial charge in [0.2, 0.25) is 0 Å². The van der Waals surface area contributed by atoms with Crippen molar-refractivity contribution >= 4 is 16.6 Å². The number of H-pyrrole nitrogens is 1. The Morgan fingerprint density at radius 3 is 2.59 bits per heavy atom. The smallest absolute Gasteiger partial charge is 0.147 e. The predicted molar refractivity (Wildman–Crippen MR) is 118 cm³/mol. The summed E-state index contributed by atoms with van der Waals surface area (Å²) in [7, 11) is 0. The number of aromatic nitrogens is 2. The van der Waals surface area contributed by atoms with Crippen LogP contribution in [0, 0.1) is 19.7 Å². The van der Waals surface area contributed by atoms with Gasteiger partial charge < -0.3 is 10.3 Å². The molecule has 29 heavy (non-hydrogen) atoms. The molecular formula is C25H24FN3. The highest BCUT2D eigenvalue weighted by molar-refractivity contribution is 5.88. The molecule has 0 aliphatic carbocycles. The minimum atomic E-state index is -0.203. The van der Waals surface area contributed by atoms with Crippen molar-refractivity contribution in [1.82, 2.24) is 15.3 Å². The molecule has 0 aliphatic rings. The van der Waals surface area contributed by atoms with Crippen molar-refractivity contribution in [2.75, 3.05) is 6.54 Å². The second-order valence-electron chi connectivity index (χ2n) is 7.32. The number of hydrogen-bond acceptors (Lipinski definition) is 2. The molecule has 4 heteroatoms. The van der Waals surface area contributed by atoms with E-state index in [0.29, 0.717) is 5.52 Å². The van der Waals surface area contributed by atoms with E-state index in [-0.39, 0.29) is 5.82 Å². The lowest BCUT2D eigenvalue weighted by Gasteiger charge is -2.11. The number of nitrogens with zero attached hydrogens (tertiary/aromatic N) is 1. The largest absolute Gasteiger partial charge is 0.385 e. The van der Waals surface area contributed by atoms with Gasteiger partial charge in [0.05, 0.1) is 5.52 Å². The third-order valence-corrected chi connectivity index (χ3v) is 5.37. The lowest BCUT2D eigenvalue weighted by molar-refractivity contribution is 0.637. The first-order valence-corrected chi connectivity index (χ1v) is 9.74. The van der Waals surface area contributed by atoms with Gasteiger partial charge in [-0.3, -0.25) is 4.98 Å². The Bertz CT molecular complexity index is 1160. The maximum Gasteiger partial charge on any atom is 0.147 e. The zero-order valence-corrected chi connectivity index (χ0v) is 16.7. The van der Waals surface area contributed by atoms with Gasteiger partial charge in [-0.2, -0.15) is 0 Å². The summed E-state index contributed by atoms with van der Waals surface area (Å²) in [5.41, 5.74) is 8.01. The number of fused-ring (bicyclic) bond motifs is 1. The van der Waals surface area contributed by atoms with Crippen molar-refractivity contribution in [3.8, 4) is 11.1 Å². The summed E-state index contributed by atoms with van der Waals surface area (Å²) in [6.45, 7) is 8.92. The Morgan fingerprint density at radius 2 is 1.86 bits per heavy atom. The Hall–Kier alpha value is -3.40. The van der Waals surface area contributed by atoms with E-state index in [1.165, 1.54) is 6.07 Å². The number of benzene rings is 2. The van der Waals surface area contributed by atoms with Crippen molar-refractivity contribution in [2.24, 2.45) is 0 Å². The van der Waals surface area contributed by atoms with E-state index in [1.807, 2.05) is 38.2 Å². The molecule has 2 heterocycles. The summed E-state index contributed by atoms with van der Waals surface area (Å²) in [6, 6.07) is 15.6. The fourth-order valence-corrected chi connectivity index (χ4v) is 3.79. The topological polar surface area (TPSA) is 40.7 Å². The van der Waals surface area contributed by atoms with E-state index in [4.69, 9.17) is 0 Å². The maximum atomic E-state index is 14.1. The number of aryl methyl sites for hydroxylation is 2. The van der Waals surface area contributed by atoms with Crippen molar-refractivity contribution in [2.45, 2.75) is 20.3 Å². The number of rotatable bonds is 6. The number of aromatic amines is 1. The Labute approximate surface area is 170 Å². The molecule has 0 saturated carbocycles. The van der Waals surface area contributed by atoms with Crippen molar-refractivity contribution in [1.29, 1.82) is 0 Å². The molecular weight excluding hydrogens is 361 g/mol. The summed E-state index contributed by atoms with van der Waals surface area (Å²) in [5, 5.41) is 4.40. The van der Waals surface area contributed by atoms with Crippen LogP contribution < -0.4 is 5.32 Å². The van der Waals surface area contributed by atoms with E-state index < -0.39 is 0 Å². The summed E-state index contributed by atoms with van der Waals surface area (Å²) >= 11 is 0. The van der Waals surface area contributed by atoms with Gasteiger partial charge in [0.15, 0.2) is 0 Å². The molecule has 2 aromatic heterocycles. The molecule has 0 aliphatic heterocycles. The highest BCUT2D eigenvalue weighted by atomic mass is 19.1. The molecule has 4 aromatic rings. The van der Waals surface area contributed by atoms with Crippen LogP contribution in [-0.2, 0) is 6.42 Å². The van der Waals surface area contributed by atoms with Gasteiger partial charge in [0.1, 0.15) is 5.82 Å². The summed E-state index contributed by atoms with van der Waals surface area (Å²) in [6.07, 6.45) is 4.42. The SMILES string of the molecule is C=C(NCCc1c(C)[nH]c2c(F)ccc(C)c12)c1ccc(-c2cccnc2)cc1. The van der Waals surface area contributed by atoms with Gasteiger partial charge in [0.25, 0.3) is 0 Å². The van der Waals surface area contributed by atoms with Crippen LogP contribution in [0.25, 0.3) is 27.7 Å². The molecule has 0 unspecified atom stereocenters. The van der Waals surface area contributed by atoms with Crippen LogP contribution >= 0.6 is 0 Å². The van der Waals surface area contributed by atoms with Crippen LogP contribution in [-0.4, -0.2) is 16.5 Å². The van der Waals surface area contributed by atoms with Crippen LogP contribution in [0.5, 0.6) is 0 Å². The zero-order valence-electron chi connectivity index (χ0n) is 16.7. The monoisotopic (exact) mass is 385 g/mol. The van der Waals surface area contributed by atoms with Gasteiger partial charge >= 0.3 is 0 Å². The average molecular weight is 385 g/mol. The van der Waals surface area contributed by atoms with E-state index in [9.17, 15) is 4.39 Å². The number of nitrogens with one attached hydrogen (secondary N) is 2. The Kier molecular flexibility index (Phi) is 5.17. The Morgan fingerprint density at radius 1 is 1.07 bits per heavy atom. The van der Waals surface area contributed by atoms with Crippen LogP contribution in [0.3, 0.4) is 0 Å². The third kappa shape index (κ3) is 3.79. The summed E-state index contributed by atoms with van der Waals surface area (Å²) in [5.74, 6) is -0.203. The number of hydrogen-bond donors (Lipinski definition) is 2. The molecule has 2 aromatic carbocycles. The van der Waals surface area contributed by atoms with E-state index in [2.05, 4.69) is 46.1 Å². The second-order valence-corrected chi connectivity index (χ2v) is 7.32. The molecule has 0 radical (unpaired) electrons. The molecule has 0 bridgehead atoms. The highest BCUT2D eigenvalue weighted by Gasteiger charge is 2.13. The van der Waals surface area contributed by atoms with E-state index >= 15 is 0 Å². The maximum absolute atomic E-state index is 14.1. The lowest BCUT2D eigenvalue weighted by Crippen LogP contribution is -2.15. The fourth-order valence-electron chi connectivity index (χ4n) is 3.79. The van der Waals surface area contributed by atoms with Crippen molar-refractivity contribution < 1.29 is 4.39 Å². The van der Waals surface area contributed by atoms with Crippen LogP contribution in [0.1, 0.15) is 22.4 Å². The molecule has 4 rings (SSSR count). The van der Waals surface area contributed by atoms with Gasteiger partial charge in [-0.25, -0.2) is 4.39 Å². The van der Waals surface area contributed by atoms with Gasteiger partial charge in [-0.15, -0.1) is 0 Å². The van der Waals surface area contributed by atoms with Crippen LogP contribution in [0.4, 0.5) is 4.39 Å². The van der Waals surface area contributed by atoms with Crippen LogP contribution in [0.2, 0.25) is 0 Å². The molecule has 0 saturated heterocycles. The van der Waals surface area contributed by atoms with Crippen LogP contribution in [0.15, 0.2) is 67.5 Å². The van der Waals surface area contributed by atoms with E-state index in [1.54, 1.807) is 6.20 Å². The molecule has 0 spiro atoms. The zero-order chi connectivity index (χ0) is 20.4.